The molecule has 1 saturated heterocycles. The molecule has 0 aliphatic carbocycles. The van der Waals surface area contributed by atoms with Crippen LogP contribution in [0.2, 0.25) is 11.6 Å². The molecule has 1 fully saturated rings. The van der Waals surface area contributed by atoms with E-state index >= 15 is 0 Å². The van der Waals surface area contributed by atoms with E-state index in [9.17, 15) is 0 Å². The van der Waals surface area contributed by atoms with Crippen molar-refractivity contribution < 1.29 is 4.43 Å². The summed E-state index contributed by atoms with van der Waals surface area (Å²) >= 11 is 0. The van der Waals surface area contributed by atoms with Gasteiger partial charge in [-0.3, -0.25) is 0 Å². The van der Waals surface area contributed by atoms with Crippen molar-refractivity contribution in [1.82, 2.24) is 0 Å². The van der Waals surface area contributed by atoms with Crippen molar-refractivity contribution in [2.75, 3.05) is 6.61 Å². The van der Waals surface area contributed by atoms with Gasteiger partial charge >= 0.3 is 0 Å². The maximum absolute atomic E-state index is 5.95. The van der Waals surface area contributed by atoms with Crippen LogP contribution >= 0.6 is 0 Å². The van der Waals surface area contributed by atoms with Crippen LogP contribution in [0.15, 0.2) is 0 Å². The van der Waals surface area contributed by atoms with Crippen LogP contribution in [-0.4, -0.2) is 15.6 Å². The molecule has 0 amide bonds. The Hall–Kier alpha value is 0.177. The SMILES string of the molecule is CCCCCCCCCC(C)[Si]1CCCCO1. The van der Waals surface area contributed by atoms with Gasteiger partial charge in [0.25, 0.3) is 0 Å². The molecular weight excluding hydrogens is 224 g/mol. The maximum atomic E-state index is 5.95. The van der Waals surface area contributed by atoms with Crippen LogP contribution in [0.4, 0.5) is 0 Å². The summed E-state index contributed by atoms with van der Waals surface area (Å²) in [5.74, 6) is 0. The molecule has 17 heavy (non-hydrogen) atoms. The number of hydrogen-bond donors (Lipinski definition) is 0. The lowest BCUT2D eigenvalue weighted by molar-refractivity contribution is 0.278. The van der Waals surface area contributed by atoms with Gasteiger partial charge in [-0.15, -0.1) is 0 Å². The van der Waals surface area contributed by atoms with Crippen LogP contribution in [0.5, 0.6) is 0 Å². The van der Waals surface area contributed by atoms with Crippen LogP contribution in [0.25, 0.3) is 0 Å². The Bertz CT molecular complexity index is 166. The molecule has 0 aromatic carbocycles. The molecule has 0 spiro atoms. The smallest absolute Gasteiger partial charge is 0.214 e. The second-order valence-electron chi connectivity index (χ2n) is 5.58. The normalized spacial score (nSPS) is 19.4. The fourth-order valence-electron chi connectivity index (χ4n) is 2.63. The minimum absolute atomic E-state index is 0.427. The molecule has 1 heterocycles. The zero-order chi connectivity index (χ0) is 12.3. The van der Waals surface area contributed by atoms with Crippen LogP contribution in [0.1, 0.15) is 78.1 Å². The molecule has 0 aromatic rings. The highest BCUT2D eigenvalue weighted by Crippen LogP contribution is 2.26. The van der Waals surface area contributed by atoms with E-state index in [-0.39, 0.29) is 0 Å². The zero-order valence-electron chi connectivity index (χ0n) is 12.0. The monoisotopic (exact) mass is 255 g/mol. The lowest BCUT2D eigenvalue weighted by Gasteiger charge is -2.25. The van der Waals surface area contributed by atoms with Gasteiger partial charge in [0.05, 0.1) is 0 Å². The number of rotatable bonds is 9. The molecule has 101 valence electrons. The molecule has 0 bridgehead atoms. The molecule has 1 radical (unpaired) electrons. The number of unbranched alkanes of at least 4 members (excludes halogenated alkanes) is 6. The molecule has 0 saturated carbocycles. The van der Waals surface area contributed by atoms with Crippen LogP contribution in [0, 0.1) is 0 Å². The Morgan fingerprint density at radius 3 is 2.35 bits per heavy atom. The Morgan fingerprint density at radius 2 is 1.71 bits per heavy atom. The van der Waals surface area contributed by atoms with E-state index in [0.717, 1.165) is 12.1 Å². The van der Waals surface area contributed by atoms with Gasteiger partial charge < -0.3 is 4.43 Å². The fraction of sp³-hybridized carbons (Fsp3) is 1.00. The average Bonchev–Trinajstić information content (AvgIpc) is 2.38. The van der Waals surface area contributed by atoms with Gasteiger partial charge in [-0.25, -0.2) is 0 Å². The molecule has 1 rings (SSSR count). The molecule has 0 aromatic heterocycles. The van der Waals surface area contributed by atoms with E-state index < -0.39 is 9.04 Å². The van der Waals surface area contributed by atoms with Crippen molar-refractivity contribution in [2.24, 2.45) is 0 Å². The molecular formula is C15H31OSi. The highest BCUT2D eigenvalue weighted by Gasteiger charge is 2.23. The van der Waals surface area contributed by atoms with Crippen molar-refractivity contribution in [3.05, 3.63) is 0 Å². The summed E-state index contributed by atoms with van der Waals surface area (Å²) in [6.07, 6.45) is 14.2. The summed E-state index contributed by atoms with van der Waals surface area (Å²) < 4.78 is 5.95. The van der Waals surface area contributed by atoms with Gasteiger partial charge in [0.15, 0.2) is 0 Å². The Morgan fingerprint density at radius 1 is 1.00 bits per heavy atom. The Kier molecular flexibility index (Phi) is 9.08. The van der Waals surface area contributed by atoms with Crippen molar-refractivity contribution in [1.29, 1.82) is 0 Å². The van der Waals surface area contributed by atoms with Crippen molar-refractivity contribution in [3.8, 4) is 0 Å². The van der Waals surface area contributed by atoms with Gasteiger partial charge in [0.2, 0.25) is 9.04 Å². The third-order valence-electron chi connectivity index (χ3n) is 3.90. The summed E-state index contributed by atoms with van der Waals surface area (Å²) in [5, 5.41) is 0. The van der Waals surface area contributed by atoms with E-state index in [1.54, 1.807) is 0 Å². The third-order valence-corrected chi connectivity index (χ3v) is 6.70. The minimum Gasteiger partial charge on any atom is -0.416 e. The van der Waals surface area contributed by atoms with E-state index in [2.05, 4.69) is 13.8 Å². The van der Waals surface area contributed by atoms with Gasteiger partial charge in [0.1, 0.15) is 0 Å². The number of hydrogen-bond acceptors (Lipinski definition) is 1. The minimum atomic E-state index is -0.427. The van der Waals surface area contributed by atoms with Gasteiger partial charge in [-0.05, 0) is 18.0 Å². The lowest BCUT2D eigenvalue weighted by atomic mass is 10.1. The van der Waals surface area contributed by atoms with Gasteiger partial charge in [-0.1, -0.05) is 71.6 Å². The molecule has 2 heteroatoms. The maximum Gasteiger partial charge on any atom is 0.214 e. The third kappa shape index (κ3) is 7.25. The van der Waals surface area contributed by atoms with Crippen molar-refractivity contribution in [3.63, 3.8) is 0 Å². The largest absolute Gasteiger partial charge is 0.416 e. The van der Waals surface area contributed by atoms with E-state index in [1.165, 1.54) is 70.3 Å². The Balaban J connectivity index is 1.90. The van der Waals surface area contributed by atoms with Crippen LogP contribution in [0.3, 0.4) is 0 Å². The summed E-state index contributed by atoms with van der Waals surface area (Å²) in [7, 11) is -0.427. The van der Waals surface area contributed by atoms with Crippen LogP contribution in [-0.2, 0) is 4.43 Å². The molecule has 0 N–H and O–H groups in total. The van der Waals surface area contributed by atoms with Crippen molar-refractivity contribution >= 4 is 9.04 Å². The Labute approximate surface area is 110 Å². The van der Waals surface area contributed by atoms with E-state index in [4.69, 9.17) is 4.43 Å². The van der Waals surface area contributed by atoms with E-state index in [0.29, 0.717) is 0 Å². The van der Waals surface area contributed by atoms with Gasteiger partial charge in [-0.2, -0.15) is 0 Å². The predicted molar refractivity (Wildman–Crippen MR) is 77.8 cm³/mol. The van der Waals surface area contributed by atoms with Gasteiger partial charge in [0, 0.05) is 6.61 Å². The first-order valence-electron chi connectivity index (χ1n) is 7.83. The summed E-state index contributed by atoms with van der Waals surface area (Å²) in [4.78, 5) is 0. The quantitative estimate of drug-likeness (QED) is 0.400. The molecule has 1 aliphatic heterocycles. The lowest BCUT2D eigenvalue weighted by Crippen LogP contribution is -2.27. The first-order valence-corrected chi connectivity index (χ1v) is 9.52. The van der Waals surface area contributed by atoms with Crippen LogP contribution < -0.4 is 0 Å². The summed E-state index contributed by atoms with van der Waals surface area (Å²) in [5.41, 5.74) is 0.885. The molecule has 1 unspecified atom stereocenters. The molecule has 1 aliphatic rings. The zero-order valence-corrected chi connectivity index (χ0v) is 13.0. The standard InChI is InChI=1S/C15H31OSi/c1-3-4-5-6-7-8-9-12-15(2)17-14-11-10-13-16-17/h15H,3-14H2,1-2H3. The first kappa shape index (κ1) is 15.2. The second-order valence-corrected chi connectivity index (χ2v) is 8.29. The topological polar surface area (TPSA) is 9.23 Å². The van der Waals surface area contributed by atoms with Crippen molar-refractivity contribution in [2.45, 2.75) is 89.6 Å². The average molecular weight is 255 g/mol. The molecule has 1 atom stereocenters. The fourth-order valence-corrected chi connectivity index (χ4v) is 5.09. The highest BCUT2D eigenvalue weighted by molar-refractivity contribution is 6.53. The predicted octanol–water partition coefficient (Wildman–Crippen LogP) is 5.32. The second kappa shape index (κ2) is 10.1. The summed E-state index contributed by atoms with van der Waals surface area (Å²) in [6, 6.07) is 1.41. The molecule has 1 nitrogen and oxygen atoms in total. The first-order chi connectivity index (χ1) is 8.34. The summed E-state index contributed by atoms with van der Waals surface area (Å²) in [6.45, 7) is 5.77. The van der Waals surface area contributed by atoms with E-state index in [1.807, 2.05) is 0 Å². The highest BCUT2D eigenvalue weighted by atomic mass is 28.3.